The highest BCUT2D eigenvalue weighted by Gasteiger charge is 2.38. The van der Waals surface area contributed by atoms with Crippen molar-refractivity contribution in [3.05, 3.63) is 71.8 Å². The minimum Gasteiger partial charge on any atom is -0.475 e. The quantitative estimate of drug-likeness (QED) is 0.312. The highest BCUT2D eigenvalue weighted by atomic mass is 19.4. The average Bonchev–Trinajstić information content (AvgIpc) is 2.75. The van der Waals surface area contributed by atoms with Crippen LogP contribution in [0.15, 0.2) is 65.8 Å². The van der Waals surface area contributed by atoms with Crippen LogP contribution in [-0.2, 0) is 16.0 Å². The van der Waals surface area contributed by atoms with E-state index in [1.165, 1.54) is 0 Å². The van der Waals surface area contributed by atoms with Gasteiger partial charge in [-0.15, -0.1) is 0 Å². The van der Waals surface area contributed by atoms with Crippen LogP contribution in [0.4, 0.5) is 13.2 Å². The number of aliphatic carboxylic acids is 1. The van der Waals surface area contributed by atoms with Crippen LogP contribution in [0.3, 0.4) is 0 Å². The van der Waals surface area contributed by atoms with E-state index < -0.39 is 12.1 Å². The molecule has 0 unspecified atom stereocenters. The number of nitrogens with two attached hydrogens (primary N) is 1. The van der Waals surface area contributed by atoms with Crippen LogP contribution >= 0.6 is 0 Å². The number of hydrogen-bond acceptors (Lipinski definition) is 5. The zero-order valence-electron chi connectivity index (χ0n) is 16.9. The summed E-state index contributed by atoms with van der Waals surface area (Å²) in [6.45, 7) is 0. The molecule has 0 fully saturated rings. The number of ether oxygens (including phenoxy) is 1. The van der Waals surface area contributed by atoms with Crippen LogP contribution in [0.1, 0.15) is 11.1 Å². The molecule has 0 heterocycles. The first kappa shape index (κ1) is 24.2. The maximum absolute atomic E-state index is 11.4. The molecule has 3 aromatic carbocycles. The molecule has 0 aliphatic heterocycles. The molecule has 168 valence electrons. The van der Waals surface area contributed by atoms with Gasteiger partial charge in [-0.3, -0.25) is 4.79 Å². The monoisotopic (exact) mass is 447 g/mol. The molecule has 0 aliphatic carbocycles. The third-order valence-electron chi connectivity index (χ3n) is 4.10. The predicted molar refractivity (Wildman–Crippen MR) is 114 cm³/mol. The number of carbonyl (C=O) groups excluding carboxylic acids is 1. The first-order valence-corrected chi connectivity index (χ1v) is 9.17. The zero-order chi connectivity index (χ0) is 23.7. The number of likely N-dealkylation sites (N-methyl/N-ethyl adjacent to an activating group) is 1. The number of carboxylic acids is 1. The maximum Gasteiger partial charge on any atom is 0.490 e. The number of rotatable bonds is 5. The molecule has 3 rings (SSSR count). The summed E-state index contributed by atoms with van der Waals surface area (Å²) >= 11 is 0. The number of nitrogens with one attached hydrogen (secondary N) is 1. The lowest BCUT2D eigenvalue weighted by Gasteiger charge is -2.08. The molecule has 3 aromatic rings. The molecule has 7 nitrogen and oxygen atoms in total. The Hall–Kier alpha value is -4.08. The van der Waals surface area contributed by atoms with Gasteiger partial charge in [-0.1, -0.05) is 30.3 Å². The van der Waals surface area contributed by atoms with Crippen molar-refractivity contribution in [1.29, 1.82) is 0 Å². The van der Waals surface area contributed by atoms with E-state index in [1.54, 1.807) is 13.3 Å². The SMILES string of the molecule is CNC(=O)Cc1ccc(Oc2ccc3cc(C=NN)ccc3c2)cc1.O=C(O)C(F)(F)F. The van der Waals surface area contributed by atoms with Crippen molar-refractivity contribution in [1.82, 2.24) is 5.32 Å². The largest absolute Gasteiger partial charge is 0.490 e. The Labute approximate surface area is 181 Å². The number of fused-ring (bicyclic) bond motifs is 1. The van der Waals surface area contributed by atoms with E-state index in [9.17, 15) is 18.0 Å². The molecule has 0 saturated carbocycles. The summed E-state index contributed by atoms with van der Waals surface area (Å²) in [7, 11) is 1.63. The van der Waals surface area contributed by atoms with Crippen LogP contribution in [-0.4, -0.2) is 36.4 Å². The normalized spacial score (nSPS) is 11.0. The van der Waals surface area contributed by atoms with Gasteiger partial charge in [0.2, 0.25) is 5.91 Å². The molecule has 10 heteroatoms. The van der Waals surface area contributed by atoms with Crippen LogP contribution in [0.5, 0.6) is 11.5 Å². The molecule has 0 bridgehead atoms. The number of amides is 1. The number of benzene rings is 3. The molecular formula is C22H20F3N3O4. The molecule has 0 saturated heterocycles. The third-order valence-corrected chi connectivity index (χ3v) is 4.10. The second-order valence-electron chi connectivity index (χ2n) is 6.45. The topological polar surface area (TPSA) is 114 Å². The lowest BCUT2D eigenvalue weighted by atomic mass is 10.1. The van der Waals surface area contributed by atoms with Crippen molar-refractivity contribution in [2.45, 2.75) is 12.6 Å². The smallest absolute Gasteiger partial charge is 0.475 e. The van der Waals surface area contributed by atoms with Gasteiger partial charge in [-0.25, -0.2) is 4.79 Å². The molecule has 4 N–H and O–H groups in total. The van der Waals surface area contributed by atoms with Gasteiger partial charge >= 0.3 is 12.1 Å². The van der Waals surface area contributed by atoms with Crippen molar-refractivity contribution < 1.29 is 32.6 Å². The highest BCUT2D eigenvalue weighted by Crippen LogP contribution is 2.26. The van der Waals surface area contributed by atoms with Crippen molar-refractivity contribution in [3.8, 4) is 11.5 Å². The minimum atomic E-state index is -5.08. The fraction of sp³-hybridized carbons (Fsp3) is 0.136. The molecular weight excluding hydrogens is 427 g/mol. The Morgan fingerprint density at radius 1 is 1.03 bits per heavy atom. The Balaban J connectivity index is 0.000000451. The summed E-state index contributed by atoms with van der Waals surface area (Å²) in [5.74, 6) is 3.90. The van der Waals surface area contributed by atoms with Gasteiger partial charge in [0.15, 0.2) is 0 Å². The van der Waals surface area contributed by atoms with E-state index in [1.807, 2.05) is 60.7 Å². The summed E-state index contributed by atoms with van der Waals surface area (Å²) < 4.78 is 37.6. The number of hydrogen-bond donors (Lipinski definition) is 3. The standard InChI is InChI=1S/C20H19N3O2.C2HF3O2/c1-22-20(24)11-14-3-7-18(8-4-14)25-19-9-6-16-10-15(13-23-21)2-5-17(16)12-19;3-2(4,5)1(6)7/h2-10,12-13H,11,21H2,1H3,(H,22,24);(H,6,7). The average molecular weight is 447 g/mol. The fourth-order valence-corrected chi connectivity index (χ4v) is 2.56. The number of halogens is 3. The second-order valence-corrected chi connectivity index (χ2v) is 6.45. The van der Waals surface area contributed by atoms with Crippen molar-refractivity contribution >= 4 is 28.9 Å². The maximum atomic E-state index is 11.4. The van der Waals surface area contributed by atoms with Crippen molar-refractivity contribution in [3.63, 3.8) is 0 Å². The minimum absolute atomic E-state index is 0.0118. The van der Waals surface area contributed by atoms with E-state index in [2.05, 4.69) is 10.4 Å². The Morgan fingerprint density at radius 3 is 2.16 bits per heavy atom. The van der Waals surface area contributed by atoms with Crippen LogP contribution in [0.25, 0.3) is 10.8 Å². The van der Waals surface area contributed by atoms with Gasteiger partial charge in [0.1, 0.15) is 11.5 Å². The van der Waals surface area contributed by atoms with E-state index in [0.717, 1.165) is 33.4 Å². The van der Waals surface area contributed by atoms with Crippen LogP contribution in [0.2, 0.25) is 0 Å². The summed E-state index contributed by atoms with van der Waals surface area (Å²) in [4.78, 5) is 20.3. The molecule has 0 spiro atoms. The first-order chi connectivity index (χ1) is 15.1. The van der Waals surface area contributed by atoms with E-state index in [0.29, 0.717) is 6.42 Å². The van der Waals surface area contributed by atoms with E-state index >= 15 is 0 Å². The van der Waals surface area contributed by atoms with Gasteiger partial charge in [0, 0.05) is 7.05 Å². The molecule has 0 atom stereocenters. The number of alkyl halides is 3. The lowest BCUT2D eigenvalue weighted by molar-refractivity contribution is -0.192. The van der Waals surface area contributed by atoms with Gasteiger partial charge in [-0.05, 0) is 52.2 Å². The molecule has 32 heavy (non-hydrogen) atoms. The number of nitrogens with zero attached hydrogens (tertiary/aromatic N) is 1. The predicted octanol–water partition coefficient (Wildman–Crippen LogP) is 3.85. The summed E-state index contributed by atoms with van der Waals surface area (Å²) in [5.41, 5.74) is 1.90. The van der Waals surface area contributed by atoms with Crippen molar-refractivity contribution in [2.75, 3.05) is 7.05 Å². The Bertz CT molecular complexity index is 1110. The summed E-state index contributed by atoms with van der Waals surface area (Å²) in [6, 6.07) is 19.4. The lowest BCUT2D eigenvalue weighted by Crippen LogP contribution is -2.21. The number of carboxylic acid groups (broad SMARTS) is 1. The van der Waals surface area contributed by atoms with Crippen LogP contribution < -0.4 is 15.9 Å². The molecule has 0 radical (unpaired) electrons. The number of hydrazone groups is 1. The van der Waals surface area contributed by atoms with Gasteiger partial charge < -0.3 is 21.0 Å². The van der Waals surface area contributed by atoms with E-state index in [4.69, 9.17) is 20.5 Å². The Kier molecular flexibility index (Phi) is 8.17. The van der Waals surface area contributed by atoms with Crippen molar-refractivity contribution in [2.24, 2.45) is 10.9 Å². The van der Waals surface area contributed by atoms with Gasteiger partial charge in [0.05, 0.1) is 12.6 Å². The highest BCUT2D eigenvalue weighted by molar-refractivity contribution is 5.91. The van der Waals surface area contributed by atoms with Crippen LogP contribution in [0, 0.1) is 0 Å². The van der Waals surface area contributed by atoms with E-state index in [-0.39, 0.29) is 5.91 Å². The third kappa shape index (κ3) is 7.31. The first-order valence-electron chi connectivity index (χ1n) is 9.17. The molecule has 0 aromatic heterocycles. The summed E-state index contributed by atoms with van der Waals surface area (Å²) in [6.07, 6.45) is -3.11. The fourth-order valence-electron chi connectivity index (χ4n) is 2.56. The van der Waals surface area contributed by atoms with Gasteiger partial charge in [0.25, 0.3) is 0 Å². The zero-order valence-corrected chi connectivity index (χ0v) is 16.9. The van der Waals surface area contributed by atoms with Gasteiger partial charge in [-0.2, -0.15) is 18.3 Å². The Morgan fingerprint density at radius 2 is 1.59 bits per heavy atom. The molecule has 0 aliphatic rings. The summed E-state index contributed by atoms with van der Waals surface area (Å²) in [5, 5.41) is 15.4. The second kappa shape index (κ2) is 10.8. The number of carbonyl (C=O) groups is 2. The molecule has 1 amide bonds.